The zero-order chi connectivity index (χ0) is 11.9. The monoisotopic (exact) mass is 220 g/mol. The zero-order valence-electron chi connectivity index (χ0n) is 9.78. The van der Waals surface area contributed by atoms with Gasteiger partial charge in [-0.3, -0.25) is 4.79 Å². The lowest BCUT2D eigenvalue weighted by Gasteiger charge is -2.37. The van der Waals surface area contributed by atoms with Crippen LogP contribution in [-0.4, -0.2) is 18.6 Å². The molecule has 0 saturated carbocycles. The van der Waals surface area contributed by atoms with Crippen LogP contribution in [0.3, 0.4) is 0 Å². The van der Waals surface area contributed by atoms with E-state index in [0.29, 0.717) is 6.54 Å². The molecule has 1 heterocycles. The number of carbonyl (C=O) groups is 1. The minimum absolute atomic E-state index is 0.0471. The van der Waals surface area contributed by atoms with Crippen molar-refractivity contribution < 1.29 is 9.53 Å². The van der Waals surface area contributed by atoms with Crippen molar-refractivity contribution in [3.63, 3.8) is 0 Å². The Hall–Kier alpha value is -1.55. The maximum atomic E-state index is 12.0. The second-order valence-electron chi connectivity index (χ2n) is 4.48. The highest BCUT2D eigenvalue weighted by Crippen LogP contribution is 2.37. The van der Waals surface area contributed by atoms with Crippen LogP contribution in [0.25, 0.3) is 0 Å². The van der Waals surface area contributed by atoms with Gasteiger partial charge in [-0.2, -0.15) is 0 Å². The maximum absolute atomic E-state index is 12.0. The largest absolute Gasteiger partial charge is 0.476 e. The van der Waals surface area contributed by atoms with Crippen molar-refractivity contribution in [2.24, 2.45) is 5.73 Å². The summed E-state index contributed by atoms with van der Waals surface area (Å²) < 4.78 is 5.67. The van der Waals surface area contributed by atoms with E-state index in [9.17, 15) is 4.79 Å². The number of amides is 1. The number of anilines is 1. The molecule has 2 rings (SSSR count). The molecule has 16 heavy (non-hydrogen) atoms. The van der Waals surface area contributed by atoms with Gasteiger partial charge in [-0.25, -0.2) is 0 Å². The number of ether oxygens (including phenoxy) is 1. The second kappa shape index (κ2) is 3.49. The Morgan fingerprint density at radius 2 is 2.12 bits per heavy atom. The number of fused-ring (bicyclic) bond motifs is 1. The van der Waals surface area contributed by atoms with E-state index in [1.807, 2.05) is 18.2 Å². The molecule has 1 amide bonds. The van der Waals surface area contributed by atoms with Crippen molar-refractivity contribution in [2.45, 2.75) is 26.0 Å². The Balaban J connectivity index is 2.51. The SMILES string of the molecule is CN1C(=O)C(C)(C)Oc2ccc(CN)cc21. The average Bonchev–Trinajstić information content (AvgIpc) is 2.25. The number of nitrogens with zero attached hydrogens (tertiary/aromatic N) is 1. The third-order valence-corrected chi connectivity index (χ3v) is 2.81. The van der Waals surface area contributed by atoms with E-state index < -0.39 is 5.60 Å². The van der Waals surface area contributed by atoms with Gasteiger partial charge in [0.1, 0.15) is 5.75 Å². The van der Waals surface area contributed by atoms with Crippen LogP contribution in [0.1, 0.15) is 19.4 Å². The first kappa shape index (κ1) is 11.0. The van der Waals surface area contributed by atoms with Crippen molar-refractivity contribution in [2.75, 3.05) is 11.9 Å². The highest BCUT2D eigenvalue weighted by Gasteiger charge is 2.39. The summed E-state index contributed by atoms with van der Waals surface area (Å²) in [5, 5.41) is 0. The van der Waals surface area contributed by atoms with Gasteiger partial charge in [0.2, 0.25) is 0 Å². The van der Waals surface area contributed by atoms with Crippen LogP contribution in [0, 0.1) is 0 Å². The molecule has 86 valence electrons. The summed E-state index contributed by atoms with van der Waals surface area (Å²) in [6.45, 7) is 4.00. The van der Waals surface area contributed by atoms with Crippen LogP contribution in [0.5, 0.6) is 5.75 Å². The highest BCUT2D eigenvalue weighted by atomic mass is 16.5. The van der Waals surface area contributed by atoms with Crippen LogP contribution in [0.4, 0.5) is 5.69 Å². The summed E-state index contributed by atoms with van der Waals surface area (Å²) in [6.07, 6.45) is 0. The van der Waals surface area contributed by atoms with Gasteiger partial charge in [-0.05, 0) is 31.5 Å². The summed E-state index contributed by atoms with van der Waals surface area (Å²) in [7, 11) is 1.76. The first-order chi connectivity index (χ1) is 7.45. The molecular weight excluding hydrogens is 204 g/mol. The Kier molecular flexibility index (Phi) is 2.39. The topological polar surface area (TPSA) is 55.6 Å². The number of hydrogen-bond donors (Lipinski definition) is 1. The summed E-state index contributed by atoms with van der Waals surface area (Å²) in [6, 6.07) is 5.67. The first-order valence-corrected chi connectivity index (χ1v) is 5.26. The number of rotatable bonds is 1. The van der Waals surface area contributed by atoms with Gasteiger partial charge in [-0.1, -0.05) is 6.07 Å². The molecule has 0 spiro atoms. The standard InChI is InChI=1S/C12H16N2O2/c1-12(2)11(15)14(3)9-6-8(7-13)4-5-10(9)16-12/h4-6H,7,13H2,1-3H3. The van der Waals surface area contributed by atoms with E-state index in [1.165, 1.54) is 0 Å². The van der Waals surface area contributed by atoms with E-state index in [2.05, 4.69) is 0 Å². The molecule has 2 N–H and O–H groups in total. The Labute approximate surface area is 95.0 Å². The van der Waals surface area contributed by atoms with Crippen molar-refractivity contribution in [1.82, 2.24) is 0 Å². The van der Waals surface area contributed by atoms with Gasteiger partial charge in [0.15, 0.2) is 5.60 Å². The number of carbonyl (C=O) groups excluding carboxylic acids is 1. The van der Waals surface area contributed by atoms with Crippen molar-refractivity contribution in [3.05, 3.63) is 23.8 Å². The van der Waals surface area contributed by atoms with E-state index in [4.69, 9.17) is 10.5 Å². The van der Waals surface area contributed by atoms with Crippen LogP contribution in [0.2, 0.25) is 0 Å². The van der Waals surface area contributed by atoms with Gasteiger partial charge in [0.05, 0.1) is 5.69 Å². The van der Waals surface area contributed by atoms with Crippen molar-refractivity contribution >= 4 is 11.6 Å². The van der Waals surface area contributed by atoms with Gasteiger partial charge in [-0.15, -0.1) is 0 Å². The summed E-state index contributed by atoms with van der Waals surface area (Å²) in [5.74, 6) is 0.679. The van der Waals surface area contributed by atoms with Crippen LogP contribution >= 0.6 is 0 Å². The normalized spacial score (nSPS) is 18.0. The fourth-order valence-electron chi connectivity index (χ4n) is 1.87. The van der Waals surface area contributed by atoms with Gasteiger partial charge in [0, 0.05) is 13.6 Å². The number of likely N-dealkylation sites (N-methyl/N-ethyl adjacent to an activating group) is 1. The molecule has 0 radical (unpaired) electrons. The molecule has 0 aromatic heterocycles. The third-order valence-electron chi connectivity index (χ3n) is 2.81. The smallest absolute Gasteiger partial charge is 0.270 e. The molecule has 0 unspecified atom stereocenters. The molecule has 0 bridgehead atoms. The lowest BCUT2D eigenvalue weighted by Crippen LogP contribution is -2.50. The third kappa shape index (κ3) is 1.55. The first-order valence-electron chi connectivity index (χ1n) is 5.26. The number of benzene rings is 1. The fourth-order valence-corrected chi connectivity index (χ4v) is 1.87. The molecular formula is C12H16N2O2. The molecule has 1 aromatic carbocycles. The fraction of sp³-hybridized carbons (Fsp3) is 0.417. The van der Waals surface area contributed by atoms with Gasteiger partial charge in [0.25, 0.3) is 5.91 Å². The average molecular weight is 220 g/mol. The predicted molar refractivity (Wildman–Crippen MR) is 62.5 cm³/mol. The van der Waals surface area contributed by atoms with Gasteiger partial charge < -0.3 is 15.4 Å². The van der Waals surface area contributed by atoms with E-state index in [0.717, 1.165) is 17.0 Å². The molecule has 0 saturated heterocycles. The molecule has 4 heteroatoms. The maximum Gasteiger partial charge on any atom is 0.270 e. The molecule has 1 aromatic rings. The molecule has 0 aliphatic carbocycles. The Morgan fingerprint density at radius 3 is 2.75 bits per heavy atom. The lowest BCUT2D eigenvalue weighted by atomic mass is 10.0. The molecule has 0 fully saturated rings. The molecule has 1 aliphatic heterocycles. The minimum atomic E-state index is -0.800. The van der Waals surface area contributed by atoms with Crippen LogP contribution < -0.4 is 15.4 Å². The van der Waals surface area contributed by atoms with Crippen LogP contribution in [-0.2, 0) is 11.3 Å². The lowest BCUT2D eigenvalue weighted by molar-refractivity contribution is -0.132. The highest BCUT2D eigenvalue weighted by molar-refractivity contribution is 6.01. The summed E-state index contributed by atoms with van der Waals surface area (Å²) >= 11 is 0. The molecule has 4 nitrogen and oxygen atoms in total. The van der Waals surface area contributed by atoms with E-state index in [1.54, 1.807) is 25.8 Å². The predicted octanol–water partition coefficient (Wildman–Crippen LogP) is 1.28. The minimum Gasteiger partial charge on any atom is -0.476 e. The zero-order valence-corrected chi connectivity index (χ0v) is 9.78. The number of nitrogens with two attached hydrogens (primary N) is 1. The van der Waals surface area contributed by atoms with Gasteiger partial charge >= 0.3 is 0 Å². The quantitative estimate of drug-likeness (QED) is 0.775. The van der Waals surface area contributed by atoms with Crippen LogP contribution in [0.15, 0.2) is 18.2 Å². The summed E-state index contributed by atoms with van der Waals surface area (Å²) in [5.41, 5.74) is 6.54. The molecule has 1 aliphatic rings. The van der Waals surface area contributed by atoms with E-state index in [-0.39, 0.29) is 5.91 Å². The van der Waals surface area contributed by atoms with E-state index >= 15 is 0 Å². The molecule has 0 atom stereocenters. The Morgan fingerprint density at radius 1 is 1.44 bits per heavy atom. The van der Waals surface area contributed by atoms with Crippen molar-refractivity contribution in [3.8, 4) is 5.75 Å². The number of hydrogen-bond acceptors (Lipinski definition) is 3. The summed E-state index contributed by atoms with van der Waals surface area (Å²) in [4.78, 5) is 13.6. The second-order valence-corrected chi connectivity index (χ2v) is 4.48. The van der Waals surface area contributed by atoms with Crippen molar-refractivity contribution in [1.29, 1.82) is 0 Å². The Bertz CT molecular complexity index is 441.